The van der Waals surface area contributed by atoms with Gasteiger partial charge in [-0.25, -0.2) is 0 Å². The van der Waals surface area contributed by atoms with E-state index in [0.717, 1.165) is 51.2 Å². The minimum absolute atomic E-state index is 0.519. The van der Waals surface area contributed by atoms with E-state index in [1.54, 1.807) is 0 Å². The molecule has 0 aromatic heterocycles. The Balaban J connectivity index is 1.47. The molecule has 2 aliphatic carbocycles. The first-order chi connectivity index (χ1) is 10.8. The lowest BCUT2D eigenvalue weighted by Crippen LogP contribution is -2.41. The summed E-state index contributed by atoms with van der Waals surface area (Å²) in [7, 11) is 3.89. The van der Waals surface area contributed by atoms with Gasteiger partial charge in [0.1, 0.15) is 0 Å². The molecule has 0 amide bonds. The van der Waals surface area contributed by atoms with Gasteiger partial charge in [0.2, 0.25) is 0 Å². The van der Waals surface area contributed by atoms with E-state index in [4.69, 9.17) is 9.47 Å². The average molecular weight is 311 g/mol. The first-order valence-electron chi connectivity index (χ1n) is 8.90. The maximum atomic E-state index is 5.87. The van der Waals surface area contributed by atoms with Gasteiger partial charge >= 0.3 is 0 Å². The number of hydrogen-bond acceptors (Lipinski definition) is 3. The molecule has 0 atom stereocenters. The SMILES string of the molecule is CN=C(NCCCOC1CCCC1)N(C)CCOCC1CC1. The molecule has 2 fully saturated rings. The van der Waals surface area contributed by atoms with Crippen molar-refractivity contribution in [2.24, 2.45) is 10.9 Å². The maximum Gasteiger partial charge on any atom is 0.193 e. The Labute approximate surface area is 135 Å². The summed E-state index contributed by atoms with van der Waals surface area (Å²) < 4.78 is 11.6. The molecular weight excluding hydrogens is 278 g/mol. The van der Waals surface area contributed by atoms with Crippen LogP contribution >= 0.6 is 0 Å². The van der Waals surface area contributed by atoms with Crippen molar-refractivity contribution < 1.29 is 9.47 Å². The zero-order valence-corrected chi connectivity index (χ0v) is 14.4. The number of hydrogen-bond donors (Lipinski definition) is 1. The number of ether oxygens (including phenoxy) is 2. The molecule has 2 aliphatic rings. The van der Waals surface area contributed by atoms with Crippen LogP contribution in [0.25, 0.3) is 0 Å². The summed E-state index contributed by atoms with van der Waals surface area (Å²) in [6.45, 7) is 4.34. The molecule has 22 heavy (non-hydrogen) atoms. The van der Waals surface area contributed by atoms with Crippen LogP contribution in [0, 0.1) is 5.92 Å². The summed E-state index contributed by atoms with van der Waals surface area (Å²) in [5, 5.41) is 3.40. The van der Waals surface area contributed by atoms with Crippen molar-refractivity contribution >= 4 is 5.96 Å². The molecule has 0 aromatic carbocycles. The Morgan fingerprint density at radius 3 is 2.64 bits per heavy atom. The van der Waals surface area contributed by atoms with Crippen molar-refractivity contribution in [2.75, 3.05) is 47.0 Å². The first-order valence-corrected chi connectivity index (χ1v) is 8.90. The van der Waals surface area contributed by atoms with Crippen LogP contribution in [0.2, 0.25) is 0 Å². The summed E-state index contributed by atoms with van der Waals surface area (Å²) in [6.07, 6.45) is 9.42. The number of nitrogens with zero attached hydrogens (tertiary/aromatic N) is 2. The molecule has 0 unspecified atom stereocenters. The fourth-order valence-corrected chi connectivity index (χ4v) is 2.80. The highest BCUT2D eigenvalue weighted by molar-refractivity contribution is 5.79. The molecule has 0 aliphatic heterocycles. The van der Waals surface area contributed by atoms with Gasteiger partial charge in [-0.15, -0.1) is 0 Å². The van der Waals surface area contributed by atoms with Gasteiger partial charge in [0.05, 0.1) is 12.7 Å². The van der Waals surface area contributed by atoms with E-state index in [0.29, 0.717) is 6.10 Å². The maximum absolute atomic E-state index is 5.87. The molecule has 2 rings (SSSR count). The second kappa shape index (κ2) is 10.1. The number of rotatable bonds is 10. The van der Waals surface area contributed by atoms with E-state index in [1.165, 1.54) is 38.5 Å². The zero-order valence-electron chi connectivity index (χ0n) is 14.4. The normalized spacial score (nSPS) is 19.6. The molecule has 0 radical (unpaired) electrons. The molecule has 0 aromatic rings. The Morgan fingerprint density at radius 1 is 1.18 bits per heavy atom. The molecule has 0 bridgehead atoms. The van der Waals surface area contributed by atoms with Gasteiger partial charge in [0, 0.05) is 40.4 Å². The minimum Gasteiger partial charge on any atom is -0.379 e. The first kappa shape index (κ1) is 17.5. The van der Waals surface area contributed by atoms with Gasteiger partial charge in [-0.05, 0) is 38.0 Å². The third-order valence-corrected chi connectivity index (χ3v) is 4.45. The van der Waals surface area contributed by atoms with Crippen LogP contribution in [0.4, 0.5) is 0 Å². The monoisotopic (exact) mass is 311 g/mol. The third kappa shape index (κ3) is 6.97. The Bertz CT molecular complexity index is 326. The molecule has 0 spiro atoms. The summed E-state index contributed by atoms with van der Waals surface area (Å²) in [5.41, 5.74) is 0. The van der Waals surface area contributed by atoms with Gasteiger partial charge in [0.25, 0.3) is 0 Å². The minimum atomic E-state index is 0.519. The van der Waals surface area contributed by atoms with E-state index in [9.17, 15) is 0 Å². The third-order valence-electron chi connectivity index (χ3n) is 4.45. The summed E-state index contributed by atoms with van der Waals surface area (Å²) in [6, 6.07) is 0. The lowest BCUT2D eigenvalue weighted by Gasteiger charge is -2.22. The quantitative estimate of drug-likeness (QED) is 0.382. The van der Waals surface area contributed by atoms with Crippen molar-refractivity contribution in [2.45, 2.75) is 51.0 Å². The Hall–Kier alpha value is -0.810. The highest BCUT2D eigenvalue weighted by atomic mass is 16.5. The topological polar surface area (TPSA) is 46.1 Å². The van der Waals surface area contributed by atoms with Crippen LogP contribution in [-0.2, 0) is 9.47 Å². The molecule has 2 saturated carbocycles. The Kier molecular flexibility index (Phi) is 8.02. The lowest BCUT2D eigenvalue weighted by atomic mass is 10.3. The molecule has 5 heteroatoms. The summed E-state index contributed by atoms with van der Waals surface area (Å²) >= 11 is 0. The van der Waals surface area contributed by atoms with Gasteiger partial charge in [-0.2, -0.15) is 0 Å². The highest BCUT2D eigenvalue weighted by Gasteiger charge is 2.21. The largest absolute Gasteiger partial charge is 0.379 e. The van der Waals surface area contributed by atoms with Crippen LogP contribution in [0.1, 0.15) is 44.9 Å². The summed E-state index contributed by atoms with van der Waals surface area (Å²) in [5.74, 6) is 1.78. The predicted molar refractivity (Wildman–Crippen MR) is 90.4 cm³/mol. The smallest absolute Gasteiger partial charge is 0.193 e. The van der Waals surface area contributed by atoms with E-state index in [1.807, 2.05) is 7.05 Å². The number of guanidine groups is 1. The predicted octanol–water partition coefficient (Wildman–Crippen LogP) is 2.27. The number of likely N-dealkylation sites (N-methyl/N-ethyl adjacent to an activating group) is 1. The van der Waals surface area contributed by atoms with E-state index < -0.39 is 0 Å². The van der Waals surface area contributed by atoms with E-state index in [2.05, 4.69) is 22.3 Å². The van der Waals surface area contributed by atoms with Crippen molar-refractivity contribution in [3.8, 4) is 0 Å². The van der Waals surface area contributed by atoms with Crippen molar-refractivity contribution in [3.63, 3.8) is 0 Å². The van der Waals surface area contributed by atoms with Crippen LogP contribution in [0.5, 0.6) is 0 Å². The molecular formula is C17H33N3O2. The van der Waals surface area contributed by atoms with Crippen LogP contribution < -0.4 is 5.32 Å². The average Bonchev–Trinajstić information content (AvgIpc) is 3.21. The lowest BCUT2D eigenvalue weighted by molar-refractivity contribution is 0.0573. The highest BCUT2D eigenvalue weighted by Crippen LogP contribution is 2.28. The van der Waals surface area contributed by atoms with E-state index >= 15 is 0 Å². The zero-order chi connectivity index (χ0) is 15.6. The van der Waals surface area contributed by atoms with Crippen molar-refractivity contribution in [1.82, 2.24) is 10.2 Å². The molecule has 0 saturated heterocycles. The number of nitrogens with one attached hydrogen (secondary N) is 1. The van der Waals surface area contributed by atoms with Gasteiger partial charge in [-0.3, -0.25) is 4.99 Å². The Morgan fingerprint density at radius 2 is 1.95 bits per heavy atom. The van der Waals surface area contributed by atoms with Crippen LogP contribution in [0.3, 0.4) is 0 Å². The number of aliphatic imine (C=N–C) groups is 1. The second-order valence-electron chi connectivity index (χ2n) is 6.54. The van der Waals surface area contributed by atoms with Crippen LogP contribution in [0.15, 0.2) is 4.99 Å². The standard InChI is InChI=1S/C17H33N3O2/c1-18-17(20(2)11-13-21-14-15-8-9-15)19-10-5-12-22-16-6-3-4-7-16/h15-16H,3-14H2,1-2H3,(H,18,19). The fourth-order valence-electron chi connectivity index (χ4n) is 2.80. The molecule has 0 heterocycles. The fraction of sp³-hybridized carbons (Fsp3) is 0.941. The second-order valence-corrected chi connectivity index (χ2v) is 6.54. The molecule has 128 valence electrons. The van der Waals surface area contributed by atoms with Gasteiger partial charge < -0.3 is 19.7 Å². The summed E-state index contributed by atoms with van der Waals surface area (Å²) in [4.78, 5) is 6.45. The van der Waals surface area contributed by atoms with Crippen molar-refractivity contribution in [1.29, 1.82) is 0 Å². The van der Waals surface area contributed by atoms with Crippen molar-refractivity contribution in [3.05, 3.63) is 0 Å². The van der Waals surface area contributed by atoms with Crippen LogP contribution in [-0.4, -0.2) is 64.0 Å². The van der Waals surface area contributed by atoms with Gasteiger partial charge in [-0.1, -0.05) is 12.8 Å². The molecule has 1 N–H and O–H groups in total. The molecule has 5 nitrogen and oxygen atoms in total. The van der Waals surface area contributed by atoms with Gasteiger partial charge in [0.15, 0.2) is 5.96 Å². The van der Waals surface area contributed by atoms with E-state index in [-0.39, 0.29) is 0 Å².